The van der Waals surface area contributed by atoms with Gasteiger partial charge in [0.1, 0.15) is 17.2 Å². The Kier molecular flexibility index (Phi) is 10.3. The van der Waals surface area contributed by atoms with E-state index in [1.54, 1.807) is 35.0 Å². The second kappa shape index (κ2) is 14.3. The van der Waals surface area contributed by atoms with Crippen molar-refractivity contribution in [2.45, 2.75) is 51.6 Å². The first-order valence-corrected chi connectivity index (χ1v) is 15.8. The molecule has 1 aromatic heterocycles. The number of hydrogen-bond donors (Lipinski definition) is 1. The van der Waals surface area contributed by atoms with E-state index in [1.807, 2.05) is 39.0 Å². The van der Waals surface area contributed by atoms with Crippen molar-refractivity contribution in [2.75, 3.05) is 64.4 Å². The van der Waals surface area contributed by atoms with Gasteiger partial charge in [-0.05, 0) is 83.0 Å². The highest BCUT2D eigenvalue weighted by Crippen LogP contribution is 2.33. The van der Waals surface area contributed by atoms with Crippen LogP contribution >= 0.6 is 0 Å². The molecular weight excluding hydrogens is 575 g/mol. The highest BCUT2D eigenvalue weighted by Gasteiger charge is 2.32. The summed E-state index contributed by atoms with van der Waals surface area (Å²) in [6.07, 6.45) is 3.43. The summed E-state index contributed by atoms with van der Waals surface area (Å²) in [5.74, 6) is 0.382. The van der Waals surface area contributed by atoms with E-state index >= 15 is 0 Å². The van der Waals surface area contributed by atoms with Crippen LogP contribution in [0, 0.1) is 5.82 Å². The number of benzene rings is 2. The van der Waals surface area contributed by atoms with Crippen molar-refractivity contribution in [3.8, 4) is 11.4 Å². The lowest BCUT2D eigenvalue weighted by atomic mass is 9.91. The molecule has 10 nitrogen and oxygen atoms in total. The number of hydrogen-bond acceptors (Lipinski definition) is 7. The van der Waals surface area contributed by atoms with E-state index in [1.165, 1.54) is 12.1 Å². The molecule has 2 saturated heterocycles. The van der Waals surface area contributed by atoms with Gasteiger partial charge in [-0.3, -0.25) is 9.69 Å². The van der Waals surface area contributed by atoms with Gasteiger partial charge in [-0.2, -0.15) is 5.10 Å². The first-order chi connectivity index (χ1) is 21.6. The maximum atomic E-state index is 13.7. The minimum absolute atomic E-state index is 0.00322. The summed E-state index contributed by atoms with van der Waals surface area (Å²) in [5.41, 5.74) is 2.55. The van der Waals surface area contributed by atoms with Crippen LogP contribution in [0.4, 0.5) is 14.9 Å². The molecule has 0 unspecified atom stereocenters. The average Bonchev–Trinajstić information content (AvgIpc) is 3.48. The van der Waals surface area contributed by atoms with Crippen LogP contribution < -0.4 is 15.0 Å². The Morgan fingerprint density at radius 1 is 0.978 bits per heavy atom. The van der Waals surface area contributed by atoms with Crippen molar-refractivity contribution in [1.29, 1.82) is 0 Å². The number of halogens is 1. The lowest BCUT2D eigenvalue weighted by Crippen LogP contribution is -2.47. The molecule has 2 aromatic carbocycles. The van der Waals surface area contributed by atoms with E-state index < -0.39 is 5.60 Å². The molecule has 0 aliphatic carbocycles. The van der Waals surface area contributed by atoms with Gasteiger partial charge < -0.3 is 24.6 Å². The molecule has 0 bridgehead atoms. The third kappa shape index (κ3) is 8.13. The summed E-state index contributed by atoms with van der Waals surface area (Å²) >= 11 is 0. The molecule has 11 heteroatoms. The van der Waals surface area contributed by atoms with Crippen LogP contribution in [0.2, 0.25) is 0 Å². The molecule has 0 atom stereocenters. The number of anilines is 1. The lowest BCUT2D eigenvalue weighted by molar-refractivity contribution is 0.0203. The Labute approximate surface area is 265 Å². The maximum Gasteiger partial charge on any atom is 0.410 e. The second-order valence-corrected chi connectivity index (χ2v) is 12.7. The van der Waals surface area contributed by atoms with Gasteiger partial charge in [0.15, 0.2) is 0 Å². The monoisotopic (exact) mass is 620 g/mol. The van der Waals surface area contributed by atoms with Crippen molar-refractivity contribution in [2.24, 2.45) is 0 Å². The fourth-order valence-electron chi connectivity index (χ4n) is 6.08. The summed E-state index contributed by atoms with van der Waals surface area (Å²) in [6.45, 7) is 11.8. The highest BCUT2D eigenvalue weighted by molar-refractivity contribution is 5.95. The third-order valence-corrected chi connectivity index (χ3v) is 8.39. The van der Waals surface area contributed by atoms with Gasteiger partial charge in [0, 0.05) is 51.7 Å². The molecule has 0 spiro atoms. The number of nitrogens with zero attached hydrogens (tertiary/aromatic N) is 5. The van der Waals surface area contributed by atoms with Crippen molar-refractivity contribution in [3.63, 3.8) is 0 Å². The minimum Gasteiger partial charge on any atom is -0.495 e. The SMILES string of the molecule is COc1ccccc1N1CCN(CCCNC(=O)c2cnn(-c3ccc(F)cc3)c2C2CCN(C(=O)OC(C)(C)C)CC2)CC1. The molecule has 5 rings (SSSR count). The molecule has 0 radical (unpaired) electrons. The van der Waals surface area contributed by atoms with Gasteiger partial charge in [-0.1, -0.05) is 12.1 Å². The number of piperidine rings is 1. The molecule has 0 saturated carbocycles. The van der Waals surface area contributed by atoms with Crippen molar-refractivity contribution >= 4 is 17.7 Å². The maximum absolute atomic E-state index is 13.7. The molecule has 3 heterocycles. The van der Waals surface area contributed by atoms with Crippen LogP contribution in [-0.2, 0) is 4.74 Å². The average molecular weight is 621 g/mol. The summed E-state index contributed by atoms with van der Waals surface area (Å²) in [7, 11) is 1.70. The van der Waals surface area contributed by atoms with E-state index in [0.29, 0.717) is 43.7 Å². The Morgan fingerprint density at radius 3 is 2.33 bits per heavy atom. The van der Waals surface area contributed by atoms with Crippen molar-refractivity contribution in [3.05, 3.63) is 71.8 Å². The normalized spacial score (nSPS) is 16.5. The fourth-order valence-corrected chi connectivity index (χ4v) is 6.08. The fraction of sp³-hybridized carbons (Fsp3) is 0.500. The van der Waals surface area contributed by atoms with Gasteiger partial charge in [0.05, 0.1) is 35.9 Å². The van der Waals surface area contributed by atoms with Crippen LogP contribution in [0.15, 0.2) is 54.7 Å². The zero-order valence-corrected chi connectivity index (χ0v) is 26.8. The number of aromatic nitrogens is 2. The van der Waals surface area contributed by atoms with E-state index in [-0.39, 0.29) is 23.7 Å². The van der Waals surface area contributed by atoms with Gasteiger partial charge in [0.25, 0.3) is 5.91 Å². The van der Waals surface area contributed by atoms with Gasteiger partial charge >= 0.3 is 6.09 Å². The number of amides is 2. The first kappa shape index (κ1) is 32.3. The number of piperazine rings is 1. The minimum atomic E-state index is -0.564. The lowest BCUT2D eigenvalue weighted by Gasteiger charge is -2.36. The van der Waals surface area contributed by atoms with Crippen LogP contribution in [0.3, 0.4) is 0 Å². The Hall–Kier alpha value is -4.12. The summed E-state index contributed by atoms with van der Waals surface area (Å²) in [5, 5.41) is 7.67. The summed E-state index contributed by atoms with van der Waals surface area (Å²) in [4.78, 5) is 32.7. The smallest absolute Gasteiger partial charge is 0.410 e. The largest absolute Gasteiger partial charge is 0.495 e. The quantitative estimate of drug-likeness (QED) is 0.334. The number of nitrogens with one attached hydrogen (secondary N) is 1. The standard InChI is InChI=1S/C34H45FN6O4/c1-34(2,3)45-33(43)40-18-14-25(15-19-40)31-28(24-37-41(31)27-12-10-26(35)11-13-27)32(42)36-16-7-17-38-20-22-39(23-21-38)29-8-5-6-9-30(29)44-4/h5-6,8-13,24-25H,7,14-23H2,1-4H3,(H,36,42). The predicted octanol–water partition coefficient (Wildman–Crippen LogP) is 5.08. The predicted molar refractivity (Wildman–Crippen MR) is 172 cm³/mol. The van der Waals surface area contributed by atoms with Gasteiger partial charge in [-0.25, -0.2) is 13.9 Å². The molecule has 2 aliphatic rings. The Balaban J connectivity index is 1.18. The number of carbonyl (C=O) groups excluding carboxylic acids is 2. The molecule has 242 valence electrons. The molecule has 1 N–H and O–H groups in total. The van der Waals surface area contributed by atoms with E-state index in [4.69, 9.17) is 9.47 Å². The number of para-hydroxylation sites is 2. The summed E-state index contributed by atoms with van der Waals surface area (Å²) in [6, 6.07) is 14.2. The number of methoxy groups -OCH3 is 1. The molecule has 2 fully saturated rings. The zero-order chi connectivity index (χ0) is 32.0. The van der Waals surface area contributed by atoms with Crippen LogP contribution in [0.25, 0.3) is 5.69 Å². The number of carbonyl (C=O) groups is 2. The summed E-state index contributed by atoms with van der Waals surface area (Å²) < 4.78 is 26.5. The van der Waals surface area contributed by atoms with Crippen LogP contribution in [-0.4, -0.2) is 96.6 Å². The second-order valence-electron chi connectivity index (χ2n) is 12.7. The Bertz CT molecular complexity index is 1440. The third-order valence-electron chi connectivity index (χ3n) is 8.39. The molecule has 2 aliphatic heterocycles. The van der Waals surface area contributed by atoms with E-state index in [2.05, 4.69) is 26.3 Å². The van der Waals surface area contributed by atoms with E-state index in [9.17, 15) is 14.0 Å². The van der Waals surface area contributed by atoms with Crippen molar-refractivity contribution in [1.82, 2.24) is 24.9 Å². The molecular formula is C34H45FN6O4. The zero-order valence-electron chi connectivity index (χ0n) is 26.8. The van der Waals surface area contributed by atoms with Crippen LogP contribution in [0.1, 0.15) is 62.0 Å². The number of likely N-dealkylation sites (tertiary alicyclic amines) is 1. The first-order valence-electron chi connectivity index (χ1n) is 15.8. The number of ether oxygens (including phenoxy) is 2. The van der Waals surface area contributed by atoms with Crippen LogP contribution in [0.5, 0.6) is 5.75 Å². The topological polar surface area (TPSA) is 92.2 Å². The van der Waals surface area contributed by atoms with Gasteiger partial charge in [0.2, 0.25) is 0 Å². The van der Waals surface area contributed by atoms with Crippen molar-refractivity contribution < 1.29 is 23.5 Å². The molecule has 45 heavy (non-hydrogen) atoms. The highest BCUT2D eigenvalue weighted by atomic mass is 19.1. The van der Waals surface area contributed by atoms with E-state index in [0.717, 1.165) is 56.3 Å². The molecule has 3 aromatic rings. The van der Waals surface area contributed by atoms with Gasteiger partial charge in [-0.15, -0.1) is 0 Å². The Morgan fingerprint density at radius 2 is 1.67 bits per heavy atom. The molecule has 2 amide bonds. The number of rotatable bonds is 9.